The zero-order valence-electron chi connectivity index (χ0n) is 11.1. The molecule has 0 aromatic heterocycles. The molecule has 1 rings (SSSR count). The molecule has 2 amide bonds. The first-order valence-corrected chi connectivity index (χ1v) is 7.49. The Morgan fingerprint density at radius 2 is 2.05 bits per heavy atom. The van der Waals surface area contributed by atoms with Gasteiger partial charge in [-0.15, -0.1) is 0 Å². The number of nitrogens with one attached hydrogen (secondary N) is 2. The van der Waals surface area contributed by atoms with E-state index in [4.69, 9.17) is 16.7 Å². The van der Waals surface area contributed by atoms with Crippen molar-refractivity contribution in [1.29, 1.82) is 0 Å². The summed E-state index contributed by atoms with van der Waals surface area (Å²) in [4.78, 5) is 22.7. The number of amides is 2. The average molecular weight is 411 g/mol. The molecule has 1 unspecified atom stereocenters. The van der Waals surface area contributed by atoms with Crippen LogP contribution in [0.5, 0.6) is 0 Å². The van der Waals surface area contributed by atoms with E-state index in [2.05, 4.69) is 33.2 Å². The van der Waals surface area contributed by atoms with Gasteiger partial charge in [-0.3, -0.25) is 4.79 Å². The largest absolute Gasteiger partial charge is 0.481 e. The number of carboxylic acid groups (broad SMARTS) is 1. The van der Waals surface area contributed by atoms with Crippen LogP contribution in [-0.2, 0) is 4.79 Å². The van der Waals surface area contributed by atoms with Crippen molar-refractivity contribution in [2.45, 2.75) is 13.8 Å². The van der Waals surface area contributed by atoms with Crippen LogP contribution in [0, 0.1) is 15.4 Å². The third-order valence-corrected chi connectivity index (χ3v) is 3.77. The van der Waals surface area contributed by atoms with Crippen LogP contribution >= 0.6 is 34.2 Å². The normalized spacial score (nSPS) is 12.1. The van der Waals surface area contributed by atoms with Crippen molar-refractivity contribution in [3.05, 3.63) is 26.8 Å². The maximum Gasteiger partial charge on any atom is 0.319 e. The second-order valence-electron chi connectivity index (χ2n) is 4.65. The van der Waals surface area contributed by atoms with Crippen molar-refractivity contribution in [1.82, 2.24) is 5.32 Å². The zero-order chi connectivity index (χ0) is 15.3. The summed E-state index contributed by atoms with van der Waals surface area (Å²) in [7, 11) is 0. The predicted octanol–water partition coefficient (Wildman–Crippen LogP) is 3.42. The van der Waals surface area contributed by atoms with Crippen molar-refractivity contribution in [2.75, 3.05) is 11.9 Å². The van der Waals surface area contributed by atoms with Gasteiger partial charge in [0.1, 0.15) is 0 Å². The van der Waals surface area contributed by atoms with E-state index in [1.165, 1.54) is 0 Å². The molecule has 1 atom stereocenters. The van der Waals surface area contributed by atoms with Gasteiger partial charge in [0.15, 0.2) is 0 Å². The van der Waals surface area contributed by atoms with E-state index >= 15 is 0 Å². The molecule has 0 saturated carbocycles. The van der Waals surface area contributed by atoms with Gasteiger partial charge in [-0.25, -0.2) is 4.79 Å². The van der Waals surface area contributed by atoms with E-state index in [0.29, 0.717) is 10.7 Å². The van der Waals surface area contributed by atoms with Gasteiger partial charge >= 0.3 is 12.0 Å². The third kappa shape index (κ3) is 5.16. The number of hydrogen-bond donors (Lipinski definition) is 3. The molecule has 0 spiro atoms. The van der Waals surface area contributed by atoms with Crippen LogP contribution in [0.25, 0.3) is 0 Å². The van der Waals surface area contributed by atoms with Gasteiger partial charge in [0.25, 0.3) is 0 Å². The maximum atomic E-state index is 11.7. The predicted molar refractivity (Wildman–Crippen MR) is 87.2 cm³/mol. The Balaban J connectivity index is 2.57. The molecule has 5 nitrogen and oxygen atoms in total. The van der Waals surface area contributed by atoms with E-state index in [1.54, 1.807) is 26.0 Å². The van der Waals surface area contributed by atoms with Crippen LogP contribution < -0.4 is 10.6 Å². The van der Waals surface area contributed by atoms with E-state index in [9.17, 15) is 9.59 Å². The molecule has 0 heterocycles. The molecule has 20 heavy (non-hydrogen) atoms. The van der Waals surface area contributed by atoms with Gasteiger partial charge in [-0.1, -0.05) is 25.4 Å². The Kier molecular flexibility index (Phi) is 6.54. The summed E-state index contributed by atoms with van der Waals surface area (Å²) < 4.78 is 0.962. The smallest absolute Gasteiger partial charge is 0.319 e. The molecule has 0 radical (unpaired) electrons. The standard InChI is InChI=1S/C13H16ClIN2O3/c1-7(2)9(12(18)19)6-16-13(20)17-11-4-3-8(15)5-10(11)14/h3-5,7,9H,6H2,1-2H3,(H,18,19)(H2,16,17,20). The number of rotatable bonds is 5. The minimum atomic E-state index is -0.924. The Morgan fingerprint density at radius 1 is 1.40 bits per heavy atom. The fraction of sp³-hybridized carbons (Fsp3) is 0.385. The SMILES string of the molecule is CC(C)C(CNC(=O)Nc1ccc(I)cc1Cl)C(=O)O. The van der Waals surface area contributed by atoms with Crippen molar-refractivity contribution in [3.63, 3.8) is 0 Å². The monoisotopic (exact) mass is 410 g/mol. The first kappa shape index (κ1) is 17.0. The van der Waals surface area contributed by atoms with Crippen LogP contribution in [0.2, 0.25) is 5.02 Å². The second kappa shape index (κ2) is 7.68. The lowest BCUT2D eigenvalue weighted by molar-refractivity contribution is -0.142. The Morgan fingerprint density at radius 3 is 2.55 bits per heavy atom. The number of aliphatic carboxylic acids is 1. The molecule has 1 aromatic carbocycles. The summed E-state index contributed by atoms with van der Waals surface area (Å²) in [6.45, 7) is 3.67. The quantitative estimate of drug-likeness (QED) is 0.651. The highest BCUT2D eigenvalue weighted by Gasteiger charge is 2.22. The molecule has 7 heteroatoms. The molecule has 1 aromatic rings. The lowest BCUT2D eigenvalue weighted by Crippen LogP contribution is -2.37. The summed E-state index contributed by atoms with van der Waals surface area (Å²) in [6, 6.07) is 4.77. The van der Waals surface area contributed by atoms with Gasteiger partial charge < -0.3 is 15.7 Å². The second-order valence-corrected chi connectivity index (χ2v) is 6.30. The molecule has 0 aliphatic rings. The number of carboxylic acids is 1. The van der Waals surface area contributed by atoms with Crippen LogP contribution in [-0.4, -0.2) is 23.7 Å². The Labute approximate surface area is 136 Å². The number of anilines is 1. The van der Waals surface area contributed by atoms with Crippen LogP contribution in [0.3, 0.4) is 0 Å². The molecule has 0 saturated heterocycles. The fourth-order valence-corrected chi connectivity index (χ4v) is 2.47. The topological polar surface area (TPSA) is 78.4 Å². The lowest BCUT2D eigenvalue weighted by Gasteiger charge is -2.17. The summed E-state index contributed by atoms with van der Waals surface area (Å²) in [6.07, 6.45) is 0. The third-order valence-electron chi connectivity index (χ3n) is 2.78. The van der Waals surface area contributed by atoms with Gasteiger partial charge in [0, 0.05) is 10.1 Å². The Bertz CT molecular complexity index is 508. The highest BCUT2D eigenvalue weighted by molar-refractivity contribution is 14.1. The van der Waals surface area contributed by atoms with Gasteiger partial charge in [0.05, 0.1) is 16.6 Å². The summed E-state index contributed by atoms with van der Waals surface area (Å²) >= 11 is 8.11. The number of halogens is 2. The summed E-state index contributed by atoms with van der Waals surface area (Å²) in [5.41, 5.74) is 0.487. The highest BCUT2D eigenvalue weighted by atomic mass is 127. The van der Waals surface area contributed by atoms with E-state index in [0.717, 1.165) is 3.57 Å². The molecule has 0 aliphatic carbocycles. The maximum absolute atomic E-state index is 11.7. The zero-order valence-corrected chi connectivity index (χ0v) is 14.0. The van der Waals surface area contributed by atoms with Crippen molar-refractivity contribution in [2.24, 2.45) is 11.8 Å². The number of urea groups is 1. The van der Waals surface area contributed by atoms with Crippen molar-refractivity contribution < 1.29 is 14.7 Å². The average Bonchev–Trinajstić information content (AvgIpc) is 2.32. The lowest BCUT2D eigenvalue weighted by atomic mass is 9.96. The van der Waals surface area contributed by atoms with Gasteiger partial charge in [-0.2, -0.15) is 0 Å². The summed E-state index contributed by atoms with van der Waals surface area (Å²) in [5, 5.41) is 14.6. The van der Waals surface area contributed by atoms with E-state index in [-0.39, 0.29) is 12.5 Å². The number of hydrogen-bond acceptors (Lipinski definition) is 2. The number of benzene rings is 1. The first-order chi connectivity index (χ1) is 9.31. The minimum absolute atomic E-state index is 0.0605. The molecule has 110 valence electrons. The number of carbonyl (C=O) groups is 2. The van der Waals surface area contributed by atoms with Crippen molar-refractivity contribution >= 4 is 51.9 Å². The first-order valence-electron chi connectivity index (χ1n) is 6.04. The van der Waals surface area contributed by atoms with Crippen LogP contribution in [0.1, 0.15) is 13.8 Å². The van der Waals surface area contributed by atoms with Crippen molar-refractivity contribution in [3.8, 4) is 0 Å². The summed E-state index contributed by atoms with van der Waals surface area (Å²) in [5.74, 6) is -1.60. The molecule has 0 bridgehead atoms. The van der Waals surface area contributed by atoms with Crippen LogP contribution in [0.4, 0.5) is 10.5 Å². The molecule has 0 aliphatic heterocycles. The Hall–Kier alpha value is -1.02. The van der Waals surface area contributed by atoms with Gasteiger partial charge in [-0.05, 0) is 46.7 Å². The minimum Gasteiger partial charge on any atom is -0.481 e. The number of carbonyl (C=O) groups excluding carboxylic acids is 1. The molecular weight excluding hydrogens is 395 g/mol. The molecule has 0 fully saturated rings. The van der Waals surface area contributed by atoms with Crippen LogP contribution in [0.15, 0.2) is 18.2 Å². The van der Waals surface area contributed by atoms with Gasteiger partial charge in [0.2, 0.25) is 0 Å². The molecule has 3 N–H and O–H groups in total. The fourth-order valence-electron chi connectivity index (χ4n) is 1.57. The highest BCUT2D eigenvalue weighted by Crippen LogP contribution is 2.23. The molecular formula is C13H16ClIN2O3. The van der Waals surface area contributed by atoms with E-state index in [1.807, 2.05) is 6.07 Å². The van der Waals surface area contributed by atoms with E-state index < -0.39 is 17.9 Å².